The van der Waals surface area contributed by atoms with Gasteiger partial charge in [0.2, 0.25) is 0 Å². The van der Waals surface area contributed by atoms with E-state index in [2.05, 4.69) is 9.97 Å². The second kappa shape index (κ2) is 4.00. The lowest BCUT2D eigenvalue weighted by atomic mass is 10.6. The zero-order chi connectivity index (χ0) is 10.8. The maximum Gasteiger partial charge on any atom is 0.328 e. The van der Waals surface area contributed by atoms with Gasteiger partial charge in [0, 0.05) is 17.8 Å². The Morgan fingerprint density at radius 1 is 1.53 bits per heavy atom. The number of thiazole rings is 1. The van der Waals surface area contributed by atoms with E-state index in [1.165, 1.54) is 22.1 Å². The number of nitrogens with zero attached hydrogens (tertiary/aromatic N) is 2. The Labute approximate surface area is 93.0 Å². The minimum Gasteiger partial charge on any atom is -0.292 e. The third kappa shape index (κ3) is 2.16. The van der Waals surface area contributed by atoms with Gasteiger partial charge in [0.15, 0.2) is 0 Å². The fourth-order valence-corrected chi connectivity index (χ4v) is 1.86. The predicted molar refractivity (Wildman–Crippen MR) is 57.5 cm³/mol. The molecular weight excluding hydrogens is 238 g/mol. The fourth-order valence-electron chi connectivity index (χ4n) is 1.08. The van der Waals surface area contributed by atoms with Crippen LogP contribution in [0.5, 0.6) is 0 Å². The molecular formula is C8H6ClN3O2S. The number of hydrogen-bond acceptors (Lipinski definition) is 4. The number of H-pyrrole nitrogens is 1. The minimum atomic E-state index is -0.572. The monoisotopic (exact) mass is 243 g/mol. The van der Waals surface area contributed by atoms with Crippen LogP contribution >= 0.6 is 22.9 Å². The van der Waals surface area contributed by atoms with Crippen LogP contribution in [-0.2, 0) is 6.54 Å². The summed E-state index contributed by atoms with van der Waals surface area (Å²) in [6.45, 7) is 0.312. The molecule has 2 heterocycles. The highest BCUT2D eigenvalue weighted by atomic mass is 35.5. The standard InChI is InChI=1S/C8H6ClN3O2S/c9-5-3-12(8(14)11-7(5)13)4-6-10-1-2-15-6/h1-3H,4H2,(H,11,13,14). The van der Waals surface area contributed by atoms with Gasteiger partial charge in [0.05, 0.1) is 6.54 Å². The Morgan fingerprint density at radius 3 is 3.00 bits per heavy atom. The average molecular weight is 244 g/mol. The first-order chi connectivity index (χ1) is 7.16. The Balaban J connectivity index is 2.42. The van der Waals surface area contributed by atoms with Crippen LogP contribution in [-0.4, -0.2) is 14.5 Å². The fraction of sp³-hybridized carbons (Fsp3) is 0.125. The van der Waals surface area contributed by atoms with Crippen LogP contribution < -0.4 is 11.2 Å². The number of aromatic nitrogens is 3. The molecule has 15 heavy (non-hydrogen) atoms. The molecule has 0 aliphatic rings. The summed E-state index contributed by atoms with van der Waals surface area (Å²) in [6.07, 6.45) is 2.96. The van der Waals surface area contributed by atoms with Gasteiger partial charge in [-0.05, 0) is 0 Å². The summed E-state index contributed by atoms with van der Waals surface area (Å²) in [7, 11) is 0. The van der Waals surface area contributed by atoms with Crippen molar-refractivity contribution in [2.24, 2.45) is 0 Å². The number of aromatic amines is 1. The molecule has 5 nitrogen and oxygen atoms in total. The van der Waals surface area contributed by atoms with Gasteiger partial charge in [-0.1, -0.05) is 11.6 Å². The van der Waals surface area contributed by atoms with Crippen molar-refractivity contribution in [3.63, 3.8) is 0 Å². The molecule has 0 aliphatic carbocycles. The first kappa shape index (κ1) is 10.1. The minimum absolute atomic E-state index is 0.00819. The zero-order valence-electron chi connectivity index (χ0n) is 7.44. The summed E-state index contributed by atoms with van der Waals surface area (Å²) in [5.41, 5.74) is -1.06. The highest BCUT2D eigenvalue weighted by molar-refractivity contribution is 7.09. The van der Waals surface area contributed by atoms with Crippen molar-refractivity contribution < 1.29 is 0 Å². The first-order valence-corrected chi connectivity index (χ1v) is 5.30. The van der Waals surface area contributed by atoms with Gasteiger partial charge in [-0.25, -0.2) is 9.78 Å². The molecule has 0 amide bonds. The van der Waals surface area contributed by atoms with Crippen molar-refractivity contribution >= 4 is 22.9 Å². The summed E-state index contributed by atoms with van der Waals surface area (Å²) in [4.78, 5) is 28.5. The van der Waals surface area contributed by atoms with E-state index >= 15 is 0 Å². The van der Waals surface area contributed by atoms with Crippen LogP contribution in [0.1, 0.15) is 5.01 Å². The molecule has 1 N–H and O–H groups in total. The number of halogens is 1. The van der Waals surface area contributed by atoms with E-state index in [-0.39, 0.29) is 5.02 Å². The van der Waals surface area contributed by atoms with E-state index in [0.29, 0.717) is 6.54 Å². The smallest absolute Gasteiger partial charge is 0.292 e. The normalized spacial score (nSPS) is 10.5. The molecule has 0 aromatic carbocycles. The molecule has 0 aliphatic heterocycles. The summed E-state index contributed by atoms with van der Waals surface area (Å²) in [5.74, 6) is 0. The first-order valence-electron chi connectivity index (χ1n) is 4.04. The van der Waals surface area contributed by atoms with Gasteiger partial charge in [-0.2, -0.15) is 0 Å². The van der Waals surface area contributed by atoms with E-state index in [1.54, 1.807) is 6.20 Å². The molecule has 7 heteroatoms. The summed E-state index contributed by atoms with van der Waals surface area (Å²) >= 11 is 7.04. The molecule has 78 valence electrons. The number of hydrogen-bond donors (Lipinski definition) is 1. The van der Waals surface area contributed by atoms with Crippen LogP contribution in [0.25, 0.3) is 0 Å². The highest BCUT2D eigenvalue weighted by Crippen LogP contribution is 2.05. The second-order valence-electron chi connectivity index (χ2n) is 2.79. The van der Waals surface area contributed by atoms with Crippen molar-refractivity contribution in [3.8, 4) is 0 Å². The molecule has 2 aromatic heterocycles. The van der Waals surface area contributed by atoms with E-state index < -0.39 is 11.2 Å². The van der Waals surface area contributed by atoms with Crippen LogP contribution in [0.15, 0.2) is 27.4 Å². The molecule has 0 radical (unpaired) electrons. The van der Waals surface area contributed by atoms with Crippen LogP contribution in [0.4, 0.5) is 0 Å². The lowest BCUT2D eigenvalue weighted by molar-refractivity contribution is 0.717. The third-order valence-electron chi connectivity index (χ3n) is 1.76. The summed E-state index contributed by atoms with van der Waals surface area (Å²) < 4.78 is 1.31. The maximum absolute atomic E-state index is 11.3. The topological polar surface area (TPSA) is 67.8 Å². The Morgan fingerprint density at radius 2 is 2.33 bits per heavy atom. The van der Waals surface area contributed by atoms with E-state index in [0.717, 1.165) is 5.01 Å². The van der Waals surface area contributed by atoms with Gasteiger partial charge in [-0.15, -0.1) is 11.3 Å². The van der Waals surface area contributed by atoms with E-state index in [4.69, 9.17) is 11.6 Å². The van der Waals surface area contributed by atoms with Crippen molar-refractivity contribution in [2.45, 2.75) is 6.54 Å². The van der Waals surface area contributed by atoms with Gasteiger partial charge in [0.25, 0.3) is 5.56 Å². The quantitative estimate of drug-likeness (QED) is 0.844. The van der Waals surface area contributed by atoms with Crippen molar-refractivity contribution in [1.82, 2.24) is 14.5 Å². The highest BCUT2D eigenvalue weighted by Gasteiger charge is 2.03. The van der Waals surface area contributed by atoms with Gasteiger partial charge < -0.3 is 0 Å². The lowest BCUT2D eigenvalue weighted by Crippen LogP contribution is -2.29. The largest absolute Gasteiger partial charge is 0.328 e. The SMILES string of the molecule is O=c1[nH]c(=O)n(Cc2nccs2)cc1Cl. The zero-order valence-corrected chi connectivity index (χ0v) is 9.01. The van der Waals surface area contributed by atoms with E-state index in [1.807, 2.05) is 5.38 Å². The average Bonchev–Trinajstić information content (AvgIpc) is 2.67. The Bertz CT molecular complexity index is 572. The van der Waals surface area contributed by atoms with Gasteiger partial charge in [0.1, 0.15) is 10.0 Å². The molecule has 2 rings (SSSR count). The predicted octanol–water partition coefficient (Wildman–Crippen LogP) is 0.695. The summed E-state index contributed by atoms with van der Waals surface area (Å²) in [6, 6.07) is 0. The van der Waals surface area contributed by atoms with Crippen LogP contribution in [0.3, 0.4) is 0 Å². The molecule has 0 unspecified atom stereocenters. The third-order valence-corrected chi connectivity index (χ3v) is 2.79. The van der Waals surface area contributed by atoms with Gasteiger partial charge in [-0.3, -0.25) is 14.3 Å². The summed E-state index contributed by atoms with van der Waals surface area (Å²) in [5, 5.41) is 2.58. The lowest BCUT2D eigenvalue weighted by Gasteiger charge is -2.01. The van der Waals surface area contributed by atoms with Crippen LogP contribution in [0.2, 0.25) is 5.02 Å². The van der Waals surface area contributed by atoms with Crippen molar-refractivity contribution in [3.05, 3.63) is 48.6 Å². The molecule has 0 atom stereocenters. The van der Waals surface area contributed by atoms with Crippen molar-refractivity contribution in [1.29, 1.82) is 0 Å². The molecule has 2 aromatic rings. The molecule has 0 saturated carbocycles. The van der Waals surface area contributed by atoms with Crippen LogP contribution in [0, 0.1) is 0 Å². The molecule has 0 bridgehead atoms. The van der Waals surface area contributed by atoms with Crippen molar-refractivity contribution in [2.75, 3.05) is 0 Å². The number of nitrogens with one attached hydrogen (secondary N) is 1. The maximum atomic E-state index is 11.3. The molecule has 0 fully saturated rings. The van der Waals surface area contributed by atoms with E-state index in [9.17, 15) is 9.59 Å². The number of rotatable bonds is 2. The van der Waals surface area contributed by atoms with Gasteiger partial charge >= 0.3 is 5.69 Å². The molecule has 0 spiro atoms. The Kier molecular flexibility index (Phi) is 2.70. The molecule has 0 saturated heterocycles. The Hall–Kier alpha value is -1.40. The second-order valence-corrected chi connectivity index (χ2v) is 4.18.